The van der Waals surface area contributed by atoms with Crippen LogP contribution in [-0.2, 0) is 7.05 Å². The Morgan fingerprint density at radius 1 is 1.14 bits per heavy atom. The van der Waals surface area contributed by atoms with E-state index in [1.807, 2.05) is 24.4 Å². The van der Waals surface area contributed by atoms with Crippen molar-refractivity contribution in [2.75, 3.05) is 4.90 Å². The summed E-state index contributed by atoms with van der Waals surface area (Å²) >= 11 is 6.13. The number of fused-ring (bicyclic) bond motifs is 1. The molecule has 2 aromatic heterocycles. The molecule has 1 atom stereocenters. The maximum absolute atomic E-state index is 13.4. The zero-order valence-corrected chi connectivity index (χ0v) is 17.0. The number of nitrogens with zero attached hydrogens (tertiary/aromatic N) is 4. The van der Waals surface area contributed by atoms with E-state index in [-0.39, 0.29) is 22.5 Å². The molecular weight excluding hydrogens is 388 g/mol. The molecule has 0 fully saturated rings. The molecule has 0 radical (unpaired) electrons. The Balaban J connectivity index is 1.95. The molecule has 0 saturated carbocycles. The first-order valence-corrected chi connectivity index (χ1v) is 9.61. The maximum Gasteiger partial charge on any atom is 0.269 e. The number of anilines is 1. The van der Waals surface area contributed by atoms with Gasteiger partial charge in [-0.15, -0.1) is 0 Å². The number of amides is 1. The molecule has 3 heterocycles. The van der Waals surface area contributed by atoms with Crippen molar-refractivity contribution >= 4 is 23.2 Å². The van der Waals surface area contributed by atoms with Crippen molar-refractivity contribution in [3.63, 3.8) is 0 Å². The van der Waals surface area contributed by atoms with Crippen molar-refractivity contribution in [1.29, 1.82) is 5.26 Å². The van der Waals surface area contributed by atoms with Gasteiger partial charge in [0, 0.05) is 25.5 Å². The lowest BCUT2D eigenvalue weighted by Crippen LogP contribution is -2.31. The minimum atomic E-state index is -0.392. The fraction of sp³-hybridized carbons (Fsp3) is 0.227. The van der Waals surface area contributed by atoms with E-state index in [2.05, 4.69) is 24.5 Å². The average molecular weight is 407 g/mol. The summed E-state index contributed by atoms with van der Waals surface area (Å²) < 4.78 is 3.46. The number of aromatic nitrogens is 2. The van der Waals surface area contributed by atoms with E-state index in [4.69, 9.17) is 16.9 Å². The molecule has 4 rings (SSSR count). The summed E-state index contributed by atoms with van der Waals surface area (Å²) in [5.41, 5.74) is 3.16. The van der Waals surface area contributed by atoms with Gasteiger partial charge >= 0.3 is 0 Å². The Morgan fingerprint density at radius 3 is 2.41 bits per heavy atom. The van der Waals surface area contributed by atoms with E-state index < -0.39 is 6.04 Å². The van der Waals surface area contributed by atoms with Gasteiger partial charge in [0.2, 0.25) is 0 Å². The fourth-order valence-electron chi connectivity index (χ4n) is 3.85. The van der Waals surface area contributed by atoms with Crippen molar-refractivity contribution in [3.05, 3.63) is 86.6 Å². The second-order valence-corrected chi connectivity index (χ2v) is 7.80. The Labute approximate surface area is 173 Å². The topological polar surface area (TPSA) is 71.0 Å². The minimum Gasteiger partial charge on any atom is -0.346 e. The molecule has 0 N–H and O–H groups in total. The van der Waals surface area contributed by atoms with Crippen LogP contribution >= 0.6 is 11.6 Å². The fourth-order valence-corrected chi connectivity index (χ4v) is 4.09. The predicted octanol–water partition coefficient (Wildman–Crippen LogP) is 4.04. The normalized spacial score (nSPS) is 15.7. The van der Waals surface area contributed by atoms with Crippen molar-refractivity contribution in [1.82, 2.24) is 9.13 Å². The average Bonchev–Trinajstić information content (AvgIpc) is 3.25. The quantitative estimate of drug-likeness (QED) is 0.659. The first-order valence-electron chi connectivity index (χ1n) is 9.24. The van der Waals surface area contributed by atoms with Gasteiger partial charge in [-0.25, -0.2) is 0 Å². The number of hydrogen-bond acceptors (Lipinski definition) is 3. The van der Waals surface area contributed by atoms with Crippen LogP contribution in [0, 0.1) is 11.3 Å². The molecule has 0 spiro atoms. The number of halogens is 1. The Kier molecular flexibility index (Phi) is 4.56. The Bertz CT molecular complexity index is 1190. The molecule has 1 aliphatic heterocycles. The molecule has 1 aliphatic rings. The molecule has 1 unspecified atom stereocenters. The van der Waals surface area contributed by atoms with Crippen molar-refractivity contribution in [3.8, 4) is 6.07 Å². The lowest BCUT2D eigenvalue weighted by atomic mass is 10.0. The third-order valence-corrected chi connectivity index (χ3v) is 5.51. The second kappa shape index (κ2) is 6.94. The number of benzene rings is 1. The minimum absolute atomic E-state index is 0.0553. The highest BCUT2D eigenvalue weighted by atomic mass is 35.5. The number of pyridine rings is 1. The summed E-state index contributed by atoms with van der Waals surface area (Å²) in [4.78, 5) is 27.1. The summed E-state index contributed by atoms with van der Waals surface area (Å²) in [6.45, 7) is 4.12. The molecule has 7 heteroatoms. The van der Waals surface area contributed by atoms with Crippen LogP contribution in [0.3, 0.4) is 0 Å². The van der Waals surface area contributed by atoms with Crippen molar-refractivity contribution < 1.29 is 4.79 Å². The van der Waals surface area contributed by atoms with E-state index in [1.165, 1.54) is 10.6 Å². The van der Waals surface area contributed by atoms with E-state index in [1.54, 1.807) is 30.3 Å². The predicted molar refractivity (Wildman–Crippen MR) is 111 cm³/mol. The van der Waals surface area contributed by atoms with E-state index in [0.717, 1.165) is 11.3 Å². The second-order valence-electron chi connectivity index (χ2n) is 7.39. The van der Waals surface area contributed by atoms with Crippen LogP contribution < -0.4 is 10.5 Å². The van der Waals surface area contributed by atoms with Gasteiger partial charge in [-0.3, -0.25) is 14.5 Å². The first kappa shape index (κ1) is 19.0. The highest BCUT2D eigenvalue weighted by Gasteiger charge is 2.42. The summed E-state index contributed by atoms with van der Waals surface area (Å²) in [6.07, 6.45) is 3.54. The molecule has 1 amide bonds. The van der Waals surface area contributed by atoms with E-state index >= 15 is 0 Å². The smallest absolute Gasteiger partial charge is 0.269 e. The van der Waals surface area contributed by atoms with Gasteiger partial charge in [0.05, 0.1) is 28.6 Å². The molecular formula is C22H19ClN4O2. The SMILES string of the molecule is CC(C)n1ccc2c1C(c1ccc(C#N)cc1)N(c1cc(Cl)c(=O)n(C)c1)C2=O. The lowest BCUT2D eigenvalue weighted by Gasteiger charge is -2.28. The van der Waals surface area contributed by atoms with Crippen LogP contribution in [0.5, 0.6) is 0 Å². The highest BCUT2D eigenvalue weighted by Crippen LogP contribution is 2.43. The van der Waals surface area contributed by atoms with Crippen LogP contribution in [0.4, 0.5) is 5.69 Å². The number of hydrogen-bond donors (Lipinski definition) is 0. The van der Waals surface area contributed by atoms with Crippen LogP contribution in [0.25, 0.3) is 0 Å². The Hall–Kier alpha value is -3.30. The molecule has 146 valence electrons. The van der Waals surface area contributed by atoms with Gasteiger partial charge < -0.3 is 9.13 Å². The van der Waals surface area contributed by atoms with Gasteiger partial charge in [-0.05, 0) is 43.7 Å². The summed E-state index contributed by atoms with van der Waals surface area (Å²) in [7, 11) is 1.61. The summed E-state index contributed by atoms with van der Waals surface area (Å²) in [5.74, 6) is -0.150. The van der Waals surface area contributed by atoms with Crippen LogP contribution in [0.2, 0.25) is 5.02 Å². The number of carbonyl (C=O) groups excluding carboxylic acids is 1. The van der Waals surface area contributed by atoms with E-state index in [9.17, 15) is 9.59 Å². The van der Waals surface area contributed by atoms with Crippen LogP contribution in [0.15, 0.2) is 53.6 Å². The molecule has 29 heavy (non-hydrogen) atoms. The molecule has 0 aliphatic carbocycles. The zero-order valence-electron chi connectivity index (χ0n) is 16.3. The third kappa shape index (κ3) is 2.95. The highest BCUT2D eigenvalue weighted by molar-refractivity contribution is 6.30. The lowest BCUT2D eigenvalue weighted by molar-refractivity contribution is 0.0993. The largest absolute Gasteiger partial charge is 0.346 e. The number of aryl methyl sites for hydroxylation is 1. The van der Waals surface area contributed by atoms with Crippen molar-refractivity contribution in [2.45, 2.75) is 25.9 Å². The van der Waals surface area contributed by atoms with Gasteiger partial charge in [0.15, 0.2) is 0 Å². The molecule has 3 aromatic rings. The van der Waals surface area contributed by atoms with Gasteiger partial charge in [0.25, 0.3) is 11.5 Å². The molecule has 1 aromatic carbocycles. The zero-order chi connectivity index (χ0) is 20.9. The van der Waals surface area contributed by atoms with Gasteiger partial charge in [-0.1, -0.05) is 23.7 Å². The molecule has 0 saturated heterocycles. The van der Waals surface area contributed by atoms with Crippen LogP contribution in [-0.4, -0.2) is 15.0 Å². The monoisotopic (exact) mass is 406 g/mol. The Morgan fingerprint density at radius 2 is 1.83 bits per heavy atom. The maximum atomic E-state index is 13.4. The number of rotatable bonds is 3. The third-order valence-electron chi connectivity index (χ3n) is 5.24. The molecule has 6 nitrogen and oxygen atoms in total. The van der Waals surface area contributed by atoms with E-state index in [0.29, 0.717) is 16.8 Å². The summed E-state index contributed by atoms with van der Waals surface area (Å²) in [6, 6.07) is 12.5. The van der Waals surface area contributed by atoms with Crippen molar-refractivity contribution in [2.24, 2.45) is 7.05 Å². The van der Waals surface area contributed by atoms with Gasteiger partial charge in [-0.2, -0.15) is 5.26 Å². The number of carbonyl (C=O) groups is 1. The number of nitriles is 1. The summed E-state index contributed by atoms with van der Waals surface area (Å²) in [5, 5.41) is 9.18. The van der Waals surface area contributed by atoms with Gasteiger partial charge in [0.1, 0.15) is 11.1 Å². The molecule has 0 bridgehead atoms. The van der Waals surface area contributed by atoms with Crippen LogP contribution in [0.1, 0.15) is 53.1 Å². The standard InChI is InChI=1S/C22H19ClN4O2/c1-13(2)26-9-8-17-20(26)19(15-6-4-14(11-24)5-7-15)27(21(17)28)16-10-18(23)22(29)25(3)12-16/h4-10,12-13,19H,1-3H3. The first-order chi connectivity index (χ1) is 13.8.